The lowest BCUT2D eigenvalue weighted by Gasteiger charge is -2.54. The lowest BCUT2D eigenvalue weighted by atomic mass is 9.51. The average molecular weight is 1830 g/mol. The molecule has 0 amide bonds. The molecule has 1 unspecified atom stereocenters. The lowest BCUT2D eigenvalue weighted by Crippen LogP contribution is -2.62. The Labute approximate surface area is 806 Å². The molecule has 0 bridgehead atoms. The molecule has 9 aliphatic heterocycles. The molecule has 0 aromatic rings. The third-order valence-corrected chi connectivity index (χ3v) is 39.5. The van der Waals surface area contributed by atoms with Crippen LogP contribution in [0.4, 0.5) is 0 Å². The van der Waals surface area contributed by atoms with E-state index in [1.807, 2.05) is 0 Å². The maximum absolute atomic E-state index is 5.77. The Hall–Kier alpha value is 0.730. The number of thioether (sulfide) groups is 3. The molecule has 9 heterocycles. The van der Waals surface area contributed by atoms with Crippen LogP contribution in [0.2, 0.25) is 0 Å². The van der Waals surface area contributed by atoms with Gasteiger partial charge >= 0.3 is 0 Å². The van der Waals surface area contributed by atoms with Gasteiger partial charge in [-0.25, -0.2) is 0 Å². The van der Waals surface area contributed by atoms with E-state index in [-0.39, 0.29) is 17.1 Å². The van der Waals surface area contributed by atoms with Gasteiger partial charge in [-0.15, -0.1) is 0 Å². The van der Waals surface area contributed by atoms with E-state index in [2.05, 4.69) is 390 Å². The first-order valence-corrected chi connectivity index (χ1v) is 56.3. The van der Waals surface area contributed by atoms with Gasteiger partial charge in [-0.3, -0.25) is 0 Å². The maximum Gasteiger partial charge on any atom is 0.172 e. The highest BCUT2D eigenvalue weighted by molar-refractivity contribution is 8.00. The maximum atomic E-state index is 5.77. The minimum Gasteiger partial charge on any atom is -0.381 e. The van der Waals surface area contributed by atoms with Crippen LogP contribution in [-0.2, 0) is 23.7 Å². The summed E-state index contributed by atoms with van der Waals surface area (Å²) in [6.45, 7) is 127. The highest BCUT2D eigenvalue weighted by Crippen LogP contribution is 2.63. The quantitative estimate of drug-likeness (QED) is 0.238. The molecule has 0 aromatic carbocycles. The molecule has 1 atom stereocenters. The molecule has 9 rings (SSSR count). The van der Waals surface area contributed by atoms with Crippen molar-refractivity contribution in [3.05, 3.63) is 0 Å². The normalized spacial score (nSPS) is 24.1. The predicted octanol–water partition coefficient (Wildman–Crippen LogP) is 34.6. The van der Waals surface area contributed by atoms with Crippen LogP contribution in [0.3, 0.4) is 0 Å². The largest absolute Gasteiger partial charge is 0.381 e. The van der Waals surface area contributed by atoms with Crippen molar-refractivity contribution < 1.29 is 23.7 Å². The van der Waals surface area contributed by atoms with E-state index in [0.29, 0.717) is 120 Å². The summed E-state index contributed by atoms with van der Waals surface area (Å²) in [6.07, 6.45) is 30.0. The van der Waals surface area contributed by atoms with Crippen molar-refractivity contribution >= 4 is 35.3 Å². The van der Waals surface area contributed by atoms with Crippen LogP contribution in [0, 0.1) is 133 Å². The first-order chi connectivity index (χ1) is 56.9. The van der Waals surface area contributed by atoms with E-state index in [1.165, 1.54) is 196 Å². The Balaban J connectivity index is 0.000000710. The van der Waals surface area contributed by atoms with E-state index in [4.69, 9.17) is 23.7 Å². The summed E-state index contributed by atoms with van der Waals surface area (Å²) < 4.78 is 29.0. The highest BCUT2D eigenvalue weighted by Gasteiger charge is 2.57. The van der Waals surface area contributed by atoms with E-state index >= 15 is 0 Å². The Kier molecular flexibility index (Phi) is 50.0. The van der Waals surface area contributed by atoms with Crippen LogP contribution in [0.1, 0.15) is 481 Å². The minimum atomic E-state index is -0.321. The van der Waals surface area contributed by atoms with Crippen LogP contribution >= 0.6 is 35.3 Å². The van der Waals surface area contributed by atoms with Crippen LogP contribution in [0.25, 0.3) is 0 Å². The number of rotatable bonds is 6. The molecule has 0 saturated carbocycles. The van der Waals surface area contributed by atoms with Crippen LogP contribution in [-0.4, -0.2) is 123 Å². The van der Waals surface area contributed by atoms with Crippen molar-refractivity contribution in [3.8, 4) is 0 Å². The van der Waals surface area contributed by atoms with Crippen LogP contribution in [0.15, 0.2) is 0 Å². The van der Waals surface area contributed by atoms with Gasteiger partial charge in [0, 0.05) is 47.1 Å². The summed E-state index contributed by atoms with van der Waals surface area (Å²) in [6, 6.07) is 0. The Bertz CT molecular complexity index is 2360. The van der Waals surface area contributed by atoms with Crippen molar-refractivity contribution in [2.75, 3.05) is 101 Å². The summed E-state index contributed by atoms with van der Waals surface area (Å²) in [4.78, 5) is 0. The van der Waals surface area contributed by atoms with Gasteiger partial charge in [-0.1, -0.05) is 378 Å². The van der Waals surface area contributed by atoms with Gasteiger partial charge in [0.2, 0.25) is 0 Å². The fourth-order valence-corrected chi connectivity index (χ4v) is 31.9. The monoisotopic (exact) mass is 1830 g/mol. The van der Waals surface area contributed by atoms with E-state index in [1.54, 1.807) is 0 Å². The molecule has 9 fully saturated rings. The first kappa shape index (κ1) is 125. The summed E-state index contributed by atoms with van der Waals surface area (Å²) >= 11 is 6.57. The second-order valence-electron chi connectivity index (χ2n) is 55.8. The second-order valence-corrected chi connectivity index (χ2v) is 59.6. The molecule has 0 radical (unpaired) electrons. The van der Waals surface area contributed by atoms with E-state index in [9.17, 15) is 0 Å². The van der Waals surface area contributed by atoms with E-state index < -0.39 is 0 Å². The Morgan fingerprint density at radius 3 is 1.06 bits per heavy atom. The molecule has 9 saturated heterocycles. The van der Waals surface area contributed by atoms with Gasteiger partial charge in [0.15, 0.2) is 11.6 Å². The fraction of sp³-hybridized carbons (Fsp3) is 1.00. The third-order valence-electron chi connectivity index (χ3n) is 34.7. The van der Waals surface area contributed by atoms with Gasteiger partial charge < -0.3 is 39.6 Å². The molecular weight excluding hydrogens is 1600 g/mol. The van der Waals surface area contributed by atoms with Gasteiger partial charge in [0.05, 0.1) is 33.0 Å². The van der Waals surface area contributed by atoms with E-state index in [0.717, 1.165) is 63.8 Å². The van der Waals surface area contributed by atoms with Crippen LogP contribution in [0.5, 0.6) is 0 Å². The first-order valence-electron chi connectivity index (χ1n) is 53.0. The predicted molar refractivity (Wildman–Crippen MR) is 572 cm³/mol. The molecule has 8 nitrogen and oxygen atoms in total. The molecule has 126 heavy (non-hydrogen) atoms. The van der Waals surface area contributed by atoms with Crippen molar-refractivity contribution in [1.82, 2.24) is 16.0 Å². The number of ether oxygens (including phenoxy) is 5. The highest BCUT2D eigenvalue weighted by atomic mass is 32.2. The minimum absolute atomic E-state index is 0.288. The van der Waals surface area contributed by atoms with Gasteiger partial charge in [0.1, 0.15) is 0 Å². The molecule has 0 spiro atoms. The van der Waals surface area contributed by atoms with Crippen molar-refractivity contribution in [1.29, 1.82) is 0 Å². The molecule has 0 aliphatic carbocycles. The smallest absolute Gasteiger partial charge is 0.172 e. The molecule has 0 aromatic heterocycles. The van der Waals surface area contributed by atoms with Crippen LogP contribution < -0.4 is 16.0 Å². The SMILES string of the molecule is CC(C)(C)C1(C(C)(C)C)CCCCCN1.CC(C)(C)C1(C(C)(C)C)CCCCCS1.CC(C)(C)C1(C(C)(C)C)CCCCNC1.CC(C)(C)C1(C(C)(C)C)CCCCSC1.CC(C)(C)C1(C(C)(C)C)CCCNCC1.CC(C)(C)C1(C(C)(C)C)CCCSCC1.CC(C)C1(C(C)C)OCCCO1.CC(C)C1(C(C)C)OCCO1.CC1COCC(C(C)C)(C(C)C)C1. The zero-order chi connectivity index (χ0) is 98.2. The van der Waals surface area contributed by atoms with Gasteiger partial charge in [0.25, 0.3) is 0 Å². The summed E-state index contributed by atoms with van der Waals surface area (Å²) in [5, 5.41) is 11.1. The summed E-state index contributed by atoms with van der Waals surface area (Å²) in [5.41, 5.74) is 7.35. The summed E-state index contributed by atoms with van der Waals surface area (Å²) in [7, 11) is 0. The zero-order valence-electron chi connectivity index (χ0n) is 95.2. The molecule has 11 heteroatoms. The summed E-state index contributed by atoms with van der Waals surface area (Å²) in [5.74, 6) is 10.1. The van der Waals surface area contributed by atoms with Crippen molar-refractivity contribution in [2.45, 2.75) is 502 Å². The number of hydrogen-bond donors (Lipinski definition) is 3. The third kappa shape index (κ3) is 32.7. The number of nitrogens with one attached hydrogen (secondary N) is 3. The van der Waals surface area contributed by atoms with Crippen molar-refractivity contribution in [3.63, 3.8) is 0 Å². The standard InChI is InChI=1S/3C14H29N.3C14H28S.C12H24O.C10H20O2.C9H18O2/c1-12(2,3)14(13(4,5)6)8-7-10-15-11-9-14;1-12(2,3)14(13(4,5)6)9-7-8-10-15-11-14;1-12(2,3)14(13(4,5)6)10-8-7-9-11-15-14;1-12(2,3)14(13(4,5)6)8-7-10-15-11-9-14;1-12(2,3)14(13(4,5)6)9-7-8-10-15-11-14;1-12(2,3)14(13(4,5)6)10-8-7-9-11-15-14;1-9(2)12(10(3)4)6-11(5)7-13-8-12;1-8(2)10(9(3)4)11-6-5-7-12-10;1-7(2)9(8(3)4)10-5-6-11-9/h3*15H,7-11H2,1-6H3;3*7-11H2,1-6H3;9-11H,6-8H2,1-5H3;8-9H,5-7H2,1-4H3;7-8H,5-6H2,1-4H3. The molecule has 9 aliphatic rings. The van der Waals surface area contributed by atoms with Gasteiger partial charge in [-0.05, 0) is 267 Å². The molecule has 756 valence electrons. The molecular formula is C115H233N3O5S3. The van der Waals surface area contributed by atoms with Crippen molar-refractivity contribution in [2.24, 2.45) is 133 Å². The molecule has 3 N–H and O–H groups in total. The number of hydrogen-bond acceptors (Lipinski definition) is 11. The Morgan fingerprint density at radius 2 is 0.651 bits per heavy atom. The van der Waals surface area contributed by atoms with Gasteiger partial charge in [-0.2, -0.15) is 35.3 Å². The second kappa shape index (κ2) is 50.5. The zero-order valence-corrected chi connectivity index (χ0v) is 97.6. The average Bonchev–Trinajstić information content (AvgIpc) is 1.25. The lowest BCUT2D eigenvalue weighted by molar-refractivity contribution is -0.310. The Morgan fingerprint density at radius 1 is 0.286 bits per heavy atom. The fourth-order valence-electron chi connectivity index (χ4n) is 27.1. The topological polar surface area (TPSA) is 82.2 Å².